The monoisotopic (exact) mass is 292 g/mol. The third kappa shape index (κ3) is 4.39. The number of aromatic nitrogens is 2. The van der Waals surface area contributed by atoms with E-state index in [1.54, 1.807) is 18.5 Å². The lowest BCUT2D eigenvalue weighted by molar-refractivity contribution is -0.161. The Morgan fingerprint density at radius 1 is 1.48 bits per heavy atom. The van der Waals surface area contributed by atoms with Gasteiger partial charge in [-0.2, -0.15) is 0 Å². The van der Waals surface area contributed by atoms with Gasteiger partial charge < -0.3 is 15.8 Å². The van der Waals surface area contributed by atoms with Gasteiger partial charge in [0.1, 0.15) is 11.1 Å². The van der Waals surface area contributed by atoms with Crippen molar-refractivity contribution in [1.29, 1.82) is 0 Å². The van der Waals surface area contributed by atoms with Crippen molar-refractivity contribution in [1.82, 2.24) is 9.97 Å². The Balaban J connectivity index is 1.86. The molecule has 0 aromatic carbocycles. The number of nitrogens with one attached hydrogen (secondary N) is 1. The number of carbonyl (C=O) groups excluding carboxylic acids is 1. The van der Waals surface area contributed by atoms with Gasteiger partial charge in [-0.25, -0.2) is 9.97 Å². The molecule has 2 unspecified atom stereocenters. The summed E-state index contributed by atoms with van der Waals surface area (Å²) in [7, 11) is 0. The van der Waals surface area contributed by atoms with Gasteiger partial charge in [-0.3, -0.25) is 4.79 Å². The molecule has 1 aliphatic rings. The Hall–Kier alpha value is -1.69. The molecule has 0 saturated heterocycles. The van der Waals surface area contributed by atoms with Crippen LogP contribution < -0.4 is 11.1 Å². The summed E-state index contributed by atoms with van der Waals surface area (Å²) in [6.07, 6.45) is 5.57. The zero-order chi connectivity index (χ0) is 15.5. The summed E-state index contributed by atoms with van der Waals surface area (Å²) in [5, 5.41) is 3.18. The molecule has 1 saturated carbocycles. The summed E-state index contributed by atoms with van der Waals surface area (Å²) < 4.78 is 5.43. The topological polar surface area (TPSA) is 90.1 Å². The molecule has 0 aliphatic heterocycles. The lowest BCUT2D eigenvalue weighted by Crippen LogP contribution is -2.49. The third-order valence-electron chi connectivity index (χ3n) is 3.57. The van der Waals surface area contributed by atoms with Gasteiger partial charge in [-0.15, -0.1) is 0 Å². The van der Waals surface area contributed by atoms with E-state index in [1.165, 1.54) is 0 Å². The standard InChI is InChI=1S/C15H24N4O2/c1-14(2,3)21-12(20)15(16)6-5-11(9-15)10-19-13-17-7-4-8-18-13/h4,7-8,11H,5-6,9-10,16H2,1-3H3,(H,17,18,19). The number of anilines is 1. The molecule has 0 radical (unpaired) electrons. The van der Waals surface area contributed by atoms with E-state index in [9.17, 15) is 4.79 Å². The molecule has 2 rings (SSSR count). The number of hydrogen-bond acceptors (Lipinski definition) is 6. The fraction of sp³-hybridized carbons (Fsp3) is 0.667. The summed E-state index contributed by atoms with van der Waals surface area (Å²) in [5.74, 6) is 0.629. The highest BCUT2D eigenvalue weighted by molar-refractivity contribution is 5.81. The van der Waals surface area contributed by atoms with Crippen LogP contribution in [0.15, 0.2) is 18.5 Å². The first-order valence-corrected chi connectivity index (χ1v) is 7.32. The largest absolute Gasteiger partial charge is 0.459 e. The fourth-order valence-electron chi connectivity index (χ4n) is 2.55. The third-order valence-corrected chi connectivity index (χ3v) is 3.57. The Kier molecular flexibility index (Phi) is 4.46. The first-order valence-electron chi connectivity index (χ1n) is 7.32. The number of carbonyl (C=O) groups is 1. The number of ether oxygens (including phenoxy) is 1. The van der Waals surface area contributed by atoms with Crippen molar-refractivity contribution in [3.63, 3.8) is 0 Å². The smallest absolute Gasteiger partial charge is 0.326 e. The molecule has 3 N–H and O–H groups in total. The Morgan fingerprint density at radius 3 is 2.76 bits per heavy atom. The molecular weight excluding hydrogens is 268 g/mol. The van der Waals surface area contributed by atoms with E-state index in [0.29, 0.717) is 31.3 Å². The number of nitrogens with zero attached hydrogens (tertiary/aromatic N) is 2. The number of rotatable bonds is 4. The molecule has 116 valence electrons. The molecule has 21 heavy (non-hydrogen) atoms. The molecule has 1 aliphatic carbocycles. The first kappa shape index (κ1) is 15.7. The van der Waals surface area contributed by atoms with Gasteiger partial charge in [0.15, 0.2) is 0 Å². The SMILES string of the molecule is CC(C)(C)OC(=O)C1(N)CCC(CNc2ncccn2)C1. The zero-order valence-electron chi connectivity index (χ0n) is 12.9. The van der Waals surface area contributed by atoms with Gasteiger partial charge in [0, 0.05) is 18.9 Å². The van der Waals surface area contributed by atoms with Crippen molar-refractivity contribution in [2.45, 2.75) is 51.2 Å². The minimum atomic E-state index is -0.864. The van der Waals surface area contributed by atoms with E-state index in [-0.39, 0.29) is 5.97 Å². The average Bonchev–Trinajstić information content (AvgIpc) is 2.79. The molecule has 6 heteroatoms. The first-order chi connectivity index (χ1) is 9.78. The Morgan fingerprint density at radius 2 is 2.14 bits per heavy atom. The summed E-state index contributed by atoms with van der Waals surface area (Å²) in [5.41, 5.74) is 4.87. The van der Waals surface area contributed by atoms with Crippen LogP contribution in [0.4, 0.5) is 5.95 Å². The van der Waals surface area contributed by atoms with Crippen molar-refractivity contribution in [3.05, 3.63) is 18.5 Å². The van der Waals surface area contributed by atoms with E-state index in [4.69, 9.17) is 10.5 Å². The number of nitrogens with two attached hydrogens (primary N) is 1. The van der Waals surface area contributed by atoms with E-state index >= 15 is 0 Å². The van der Waals surface area contributed by atoms with Gasteiger partial charge in [-0.05, 0) is 52.0 Å². The van der Waals surface area contributed by atoms with Crippen LogP contribution >= 0.6 is 0 Å². The number of hydrogen-bond donors (Lipinski definition) is 2. The van der Waals surface area contributed by atoms with Crippen LogP contribution in [0.3, 0.4) is 0 Å². The predicted molar refractivity (Wildman–Crippen MR) is 80.6 cm³/mol. The van der Waals surface area contributed by atoms with Crippen molar-refractivity contribution in [2.24, 2.45) is 11.7 Å². The molecule has 1 aromatic heterocycles. The predicted octanol–water partition coefficient (Wildman–Crippen LogP) is 1.73. The lowest BCUT2D eigenvalue weighted by Gasteiger charge is -2.28. The molecule has 0 bridgehead atoms. The van der Waals surface area contributed by atoms with E-state index in [2.05, 4.69) is 15.3 Å². The minimum absolute atomic E-state index is 0.298. The summed E-state index contributed by atoms with van der Waals surface area (Å²) in [6.45, 7) is 6.28. The summed E-state index contributed by atoms with van der Waals surface area (Å²) in [6, 6.07) is 1.77. The van der Waals surface area contributed by atoms with Gasteiger partial charge in [0.25, 0.3) is 0 Å². The lowest BCUT2D eigenvalue weighted by atomic mass is 9.97. The average molecular weight is 292 g/mol. The van der Waals surface area contributed by atoms with Crippen molar-refractivity contribution in [3.8, 4) is 0 Å². The fourth-order valence-corrected chi connectivity index (χ4v) is 2.55. The second-order valence-electron chi connectivity index (χ2n) is 6.72. The summed E-state index contributed by atoms with van der Waals surface area (Å²) in [4.78, 5) is 20.4. The highest BCUT2D eigenvalue weighted by Gasteiger charge is 2.44. The van der Waals surface area contributed by atoms with Crippen LogP contribution in [0, 0.1) is 5.92 Å². The van der Waals surface area contributed by atoms with Gasteiger partial charge >= 0.3 is 5.97 Å². The summed E-state index contributed by atoms with van der Waals surface area (Å²) >= 11 is 0. The maximum Gasteiger partial charge on any atom is 0.326 e. The van der Waals surface area contributed by atoms with Crippen LogP contribution in [0.2, 0.25) is 0 Å². The van der Waals surface area contributed by atoms with Gasteiger partial charge in [0.05, 0.1) is 0 Å². The molecule has 1 fully saturated rings. The zero-order valence-corrected chi connectivity index (χ0v) is 12.9. The molecule has 1 aromatic rings. The van der Waals surface area contributed by atoms with Crippen molar-refractivity contribution < 1.29 is 9.53 Å². The molecule has 1 heterocycles. The number of esters is 1. The highest BCUT2D eigenvalue weighted by Crippen LogP contribution is 2.34. The molecule has 0 amide bonds. The quantitative estimate of drug-likeness (QED) is 0.821. The Bertz CT molecular complexity index is 486. The van der Waals surface area contributed by atoms with E-state index in [0.717, 1.165) is 6.42 Å². The normalized spacial score (nSPS) is 25.6. The van der Waals surface area contributed by atoms with E-state index in [1.807, 2.05) is 20.8 Å². The molecule has 0 spiro atoms. The second-order valence-corrected chi connectivity index (χ2v) is 6.72. The van der Waals surface area contributed by atoms with Gasteiger partial charge in [-0.1, -0.05) is 0 Å². The molecule has 2 atom stereocenters. The van der Waals surface area contributed by atoms with Crippen LogP contribution in [0.1, 0.15) is 40.0 Å². The second kappa shape index (κ2) is 5.97. The van der Waals surface area contributed by atoms with Crippen LogP contribution in [0.25, 0.3) is 0 Å². The Labute approximate surface area is 125 Å². The minimum Gasteiger partial charge on any atom is -0.459 e. The van der Waals surface area contributed by atoms with Gasteiger partial charge in [0.2, 0.25) is 5.95 Å². The molecule has 6 nitrogen and oxygen atoms in total. The van der Waals surface area contributed by atoms with Crippen molar-refractivity contribution in [2.75, 3.05) is 11.9 Å². The highest BCUT2D eigenvalue weighted by atomic mass is 16.6. The maximum atomic E-state index is 12.2. The molecular formula is C15H24N4O2. The van der Waals surface area contributed by atoms with Crippen molar-refractivity contribution >= 4 is 11.9 Å². The van der Waals surface area contributed by atoms with Crippen LogP contribution in [-0.4, -0.2) is 33.6 Å². The van der Waals surface area contributed by atoms with Crippen LogP contribution in [0.5, 0.6) is 0 Å². The van der Waals surface area contributed by atoms with Crippen LogP contribution in [-0.2, 0) is 9.53 Å². The maximum absolute atomic E-state index is 12.2. The van der Waals surface area contributed by atoms with E-state index < -0.39 is 11.1 Å².